The van der Waals surface area contributed by atoms with Gasteiger partial charge in [0.15, 0.2) is 5.82 Å². The minimum Gasteiger partial charge on any atom is -0.507 e. The van der Waals surface area contributed by atoms with Crippen LogP contribution in [0.4, 0.5) is 11.4 Å². The number of carboxylic acid groups (broad SMARTS) is 1. The molecule has 0 saturated heterocycles. The number of rotatable bonds is 7. The smallest absolute Gasteiger partial charge is 0.354 e. The standard InChI is InChI=1S/C20H21N5O4/c1-10(2)18-24-19(29-25-18)13-5-3-4-11(17(13)26)9-23-12-6-7-15(21)14(8-12)16(22)20(27)28/h3-8,10,22-23,26H,9,21H2,1-2H3,(H,27,28). The third-order valence-corrected chi connectivity index (χ3v) is 4.33. The topological polar surface area (TPSA) is 158 Å². The summed E-state index contributed by atoms with van der Waals surface area (Å²) in [6, 6.07) is 9.87. The number of phenols is 1. The number of carbonyl (C=O) groups is 1. The lowest BCUT2D eigenvalue weighted by atomic mass is 10.1. The summed E-state index contributed by atoms with van der Waals surface area (Å²) in [5.74, 6) is -0.466. The first-order valence-corrected chi connectivity index (χ1v) is 8.88. The molecule has 150 valence electrons. The Kier molecular flexibility index (Phi) is 5.49. The Hall–Kier alpha value is -3.88. The van der Waals surface area contributed by atoms with Crippen LogP contribution in [0.25, 0.3) is 11.5 Å². The van der Waals surface area contributed by atoms with Gasteiger partial charge in [0.05, 0.1) is 5.56 Å². The molecule has 9 nitrogen and oxygen atoms in total. The Labute approximate surface area is 166 Å². The second-order valence-electron chi connectivity index (χ2n) is 6.76. The van der Waals surface area contributed by atoms with Crippen LogP contribution >= 0.6 is 0 Å². The highest BCUT2D eigenvalue weighted by atomic mass is 16.5. The van der Waals surface area contributed by atoms with Gasteiger partial charge in [-0.05, 0) is 24.3 Å². The van der Waals surface area contributed by atoms with Gasteiger partial charge in [-0.15, -0.1) is 0 Å². The van der Waals surface area contributed by atoms with Gasteiger partial charge in [-0.25, -0.2) is 4.79 Å². The number of aromatic hydroxyl groups is 1. The van der Waals surface area contributed by atoms with E-state index in [4.69, 9.17) is 20.8 Å². The monoisotopic (exact) mass is 395 g/mol. The fraction of sp³-hybridized carbons (Fsp3) is 0.200. The van der Waals surface area contributed by atoms with Gasteiger partial charge in [-0.2, -0.15) is 4.98 Å². The highest BCUT2D eigenvalue weighted by Crippen LogP contribution is 2.32. The lowest BCUT2D eigenvalue weighted by molar-refractivity contribution is -0.129. The maximum Gasteiger partial charge on any atom is 0.354 e. The highest BCUT2D eigenvalue weighted by Gasteiger charge is 2.17. The molecule has 1 aromatic heterocycles. The number of nitrogen functional groups attached to an aromatic ring is 1. The van der Waals surface area contributed by atoms with Gasteiger partial charge in [-0.3, -0.25) is 5.41 Å². The predicted octanol–water partition coefficient (Wildman–Crippen LogP) is 3.21. The van der Waals surface area contributed by atoms with E-state index in [1.165, 1.54) is 12.1 Å². The lowest BCUT2D eigenvalue weighted by Crippen LogP contribution is -2.15. The molecule has 3 aromatic rings. The maximum atomic E-state index is 11.0. The van der Waals surface area contributed by atoms with Gasteiger partial charge in [0.1, 0.15) is 11.5 Å². The summed E-state index contributed by atoms with van der Waals surface area (Å²) >= 11 is 0. The number of carboxylic acids is 1. The summed E-state index contributed by atoms with van der Waals surface area (Å²) in [6.45, 7) is 4.13. The number of phenolic OH excluding ortho intramolecular Hbond substituents is 1. The number of para-hydroxylation sites is 1. The minimum absolute atomic E-state index is 0.00732. The van der Waals surface area contributed by atoms with Crippen molar-refractivity contribution < 1.29 is 19.5 Å². The zero-order valence-electron chi connectivity index (χ0n) is 15.9. The van der Waals surface area contributed by atoms with Crippen molar-refractivity contribution in [2.45, 2.75) is 26.3 Å². The second kappa shape index (κ2) is 8.01. The molecule has 0 bridgehead atoms. The molecule has 0 radical (unpaired) electrons. The molecule has 0 amide bonds. The summed E-state index contributed by atoms with van der Waals surface area (Å²) in [5, 5.41) is 34.3. The van der Waals surface area contributed by atoms with Crippen LogP contribution in [0.3, 0.4) is 0 Å². The van der Waals surface area contributed by atoms with Crippen LogP contribution in [0.1, 0.15) is 36.7 Å². The number of hydrogen-bond donors (Lipinski definition) is 5. The molecule has 29 heavy (non-hydrogen) atoms. The van der Waals surface area contributed by atoms with Crippen molar-refractivity contribution in [3.05, 3.63) is 53.3 Å². The van der Waals surface area contributed by atoms with Crippen LogP contribution in [0.5, 0.6) is 5.75 Å². The van der Waals surface area contributed by atoms with Crippen molar-refractivity contribution in [2.24, 2.45) is 0 Å². The molecule has 1 heterocycles. The fourth-order valence-electron chi connectivity index (χ4n) is 2.68. The molecule has 0 aliphatic rings. The zero-order valence-corrected chi connectivity index (χ0v) is 15.9. The molecular weight excluding hydrogens is 374 g/mol. The number of benzene rings is 2. The summed E-state index contributed by atoms with van der Waals surface area (Å²) in [5.41, 5.74) is 7.07. The quantitative estimate of drug-likeness (QED) is 0.301. The van der Waals surface area contributed by atoms with Crippen molar-refractivity contribution >= 4 is 23.1 Å². The van der Waals surface area contributed by atoms with E-state index in [0.29, 0.717) is 22.6 Å². The normalized spacial score (nSPS) is 10.9. The summed E-state index contributed by atoms with van der Waals surface area (Å²) in [4.78, 5) is 15.4. The van der Waals surface area contributed by atoms with E-state index < -0.39 is 11.7 Å². The number of aliphatic carboxylic acids is 1. The van der Waals surface area contributed by atoms with E-state index in [9.17, 15) is 9.90 Å². The Bertz CT molecular complexity index is 1070. The van der Waals surface area contributed by atoms with Crippen LogP contribution in [-0.2, 0) is 11.3 Å². The number of nitrogens with two attached hydrogens (primary N) is 1. The van der Waals surface area contributed by atoms with Gasteiger partial charge in [0.25, 0.3) is 5.89 Å². The van der Waals surface area contributed by atoms with Crippen molar-refractivity contribution in [2.75, 3.05) is 11.1 Å². The molecule has 3 rings (SSSR count). The second-order valence-corrected chi connectivity index (χ2v) is 6.76. The number of nitrogens with one attached hydrogen (secondary N) is 2. The van der Waals surface area contributed by atoms with Gasteiger partial charge in [-0.1, -0.05) is 31.1 Å². The zero-order chi connectivity index (χ0) is 21.1. The van der Waals surface area contributed by atoms with Crippen LogP contribution < -0.4 is 11.1 Å². The highest BCUT2D eigenvalue weighted by molar-refractivity contribution is 6.42. The average Bonchev–Trinajstić information content (AvgIpc) is 3.18. The van der Waals surface area contributed by atoms with E-state index in [0.717, 1.165) is 0 Å². The molecule has 0 fully saturated rings. The van der Waals surface area contributed by atoms with E-state index in [-0.39, 0.29) is 35.4 Å². The third kappa shape index (κ3) is 4.18. The van der Waals surface area contributed by atoms with Gasteiger partial charge >= 0.3 is 5.97 Å². The van der Waals surface area contributed by atoms with Crippen molar-refractivity contribution in [1.82, 2.24) is 10.1 Å². The van der Waals surface area contributed by atoms with Crippen LogP contribution in [0.15, 0.2) is 40.9 Å². The number of aromatic nitrogens is 2. The van der Waals surface area contributed by atoms with Gasteiger partial charge < -0.3 is 25.8 Å². The molecule has 2 aromatic carbocycles. The van der Waals surface area contributed by atoms with Crippen LogP contribution in [-0.4, -0.2) is 32.0 Å². The van der Waals surface area contributed by atoms with Crippen molar-refractivity contribution in [3.63, 3.8) is 0 Å². The summed E-state index contributed by atoms with van der Waals surface area (Å²) in [6.07, 6.45) is 0. The van der Waals surface area contributed by atoms with Crippen molar-refractivity contribution in [1.29, 1.82) is 5.41 Å². The Morgan fingerprint density at radius 2 is 2.07 bits per heavy atom. The molecule has 0 aliphatic carbocycles. The van der Waals surface area contributed by atoms with Gasteiger partial charge in [0.2, 0.25) is 0 Å². The first-order valence-electron chi connectivity index (χ1n) is 8.88. The fourth-order valence-corrected chi connectivity index (χ4v) is 2.68. The first-order chi connectivity index (χ1) is 13.8. The van der Waals surface area contributed by atoms with Crippen LogP contribution in [0, 0.1) is 5.41 Å². The Morgan fingerprint density at radius 3 is 2.72 bits per heavy atom. The maximum absolute atomic E-state index is 11.0. The Morgan fingerprint density at radius 1 is 1.31 bits per heavy atom. The largest absolute Gasteiger partial charge is 0.507 e. The molecule has 0 saturated carbocycles. The molecule has 6 N–H and O–H groups in total. The molecule has 0 spiro atoms. The number of anilines is 2. The van der Waals surface area contributed by atoms with E-state index in [1.54, 1.807) is 24.3 Å². The lowest BCUT2D eigenvalue weighted by Gasteiger charge is -2.12. The van der Waals surface area contributed by atoms with E-state index in [2.05, 4.69) is 15.5 Å². The third-order valence-electron chi connectivity index (χ3n) is 4.33. The predicted molar refractivity (Wildman–Crippen MR) is 108 cm³/mol. The minimum atomic E-state index is -1.36. The first kappa shape index (κ1) is 19.9. The number of nitrogens with zero attached hydrogens (tertiary/aromatic N) is 2. The SMILES string of the molecule is CC(C)c1noc(-c2cccc(CNc3ccc(N)c(C(=N)C(=O)O)c3)c2O)n1. The molecule has 0 aliphatic heterocycles. The van der Waals surface area contributed by atoms with Crippen molar-refractivity contribution in [3.8, 4) is 17.2 Å². The Balaban J connectivity index is 1.82. The van der Waals surface area contributed by atoms with E-state index >= 15 is 0 Å². The molecule has 0 atom stereocenters. The van der Waals surface area contributed by atoms with Gasteiger partial charge in [0, 0.05) is 35.0 Å². The average molecular weight is 395 g/mol. The molecule has 9 heteroatoms. The summed E-state index contributed by atoms with van der Waals surface area (Å²) < 4.78 is 5.25. The molecule has 0 unspecified atom stereocenters. The van der Waals surface area contributed by atoms with Crippen LogP contribution in [0.2, 0.25) is 0 Å². The number of hydrogen-bond acceptors (Lipinski definition) is 8. The van der Waals surface area contributed by atoms with E-state index in [1.807, 2.05) is 13.8 Å². The summed E-state index contributed by atoms with van der Waals surface area (Å²) in [7, 11) is 0. The molecular formula is C20H21N5O4.